The summed E-state index contributed by atoms with van der Waals surface area (Å²) in [7, 11) is 0. The number of phenols is 1. The van der Waals surface area contributed by atoms with Crippen LogP contribution in [0.1, 0.15) is 47.5 Å². The summed E-state index contributed by atoms with van der Waals surface area (Å²) in [6.45, 7) is 8.48. The van der Waals surface area contributed by atoms with Gasteiger partial charge in [0.05, 0.1) is 11.2 Å². The fourth-order valence-corrected chi connectivity index (χ4v) is 4.65. The molecule has 5 rings (SSSR count). The number of phenolic OH excluding ortho intramolecular Hbond substituents is 1. The molecule has 182 valence electrons. The monoisotopic (exact) mass is 498 g/mol. The van der Waals surface area contributed by atoms with Crippen molar-refractivity contribution in [2.24, 2.45) is 0 Å². The SMILES string of the molecule is Cc1cc(-c2ncnn3cc(-c4ccc(O)cc4)cc23)ccc1CNC(=O)c1nc(C(C)(C)C)ns1. The number of carbonyl (C=O) groups is 1. The molecule has 9 heteroatoms. The molecule has 0 saturated heterocycles. The van der Waals surface area contributed by atoms with Crippen LogP contribution in [-0.2, 0) is 12.0 Å². The van der Waals surface area contributed by atoms with E-state index in [1.165, 1.54) is 0 Å². The first-order chi connectivity index (χ1) is 17.2. The number of aromatic nitrogens is 5. The number of hydrogen-bond acceptors (Lipinski definition) is 7. The summed E-state index contributed by atoms with van der Waals surface area (Å²) in [5.74, 6) is 0.681. The average Bonchev–Trinajstić information content (AvgIpc) is 3.51. The zero-order valence-electron chi connectivity index (χ0n) is 20.5. The summed E-state index contributed by atoms with van der Waals surface area (Å²) in [5.41, 5.74) is 6.49. The summed E-state index contributed by atoms with van der Waals surface area (Å²) in [5, 5.41) is 17.3. The van der Waals surface area contributed by atoms with E-state index in [-0.39, 0.29) is 17.1 Å². The molecule has 0 aliphatic carbocycles. The molecule has 3 aromatic heterocycles. The van der Waals surface area contributed by atoms with Gasteiger partial charge in [0, 0.05) is 29.3 Å². The second-order valence-corrected chi connectivity index (χ2v) is 10.5. The van der Waals surface area contributed by atoms with Gasteiger partial charge in [0.15, 0.2) is 0 Å². The highest BCUT2D eigenvalue weighted by Crippen LogP contribution is 2.30. The molecule has 0 atom stereocenters. The van der Waals surface area contributed by atoms with Gasteiger partial charge in [-0.2, -0.15) is 9.47 Å². The third-order valence-electron chi connectivity index (χ3n) is 5.95. The van der Waals surface area contributed by atoms with Gasteiger partial charge in [-0.3, -0.25) is 4.79 Å². The zero-order chi connectivity index (χ0) is 25.4. The molecule has 0 aliphatic heterocycles. The van der Waals surface area contributed by atoms with E-state index in [9.17, 15) is 9.90 Å². The van der Waals surface area contributed by atoms with Gasteiger partial charge in [0.25, 0.3) is 5.91 Å². The van der Waals surface area contributed by atoms with E-state index in [0.717, 1.165) is 50.6 Å². The number of aryl methyl sites for hydroxylation is 1. The minimum Gasteiger partial charge on any atom is -0.508 e. The predicted molar refractivity (Wildman–Crippen MR) is 140 cm³/mol. The lowest BCUT2D eigenvalue weighted by molar-refractivity contribution is 0.0950. The van der Waals surface area contributed by atoms with Crippen LogP contribution in [0.15, 0.2) is 61.1 Å². The molecule has 36 heavy (non-hydrogen) atoms. The van der Waals surface area contributed by atoms with Crippen molar-refractivity contribution in [2.75, 3.05) is 0 Å². The highest BCUT2D eigenvalue weighted by Gasteiger charge is 2.22. The van der Waals surface area contributed by atoms with Gasteiger partial charge in [0.1, 0.15) is 17.9 Å². The molecule has 0 radical (unpaired) electrons. The van der Waals surface area contributed by atoms with Crippen LogP contribution in [0.3, 0.4) is 0 Å². The Morgan fingerprint density at radius 3 is 2.50 bits per heavy atom. The van der Waals surface area contributed by atoms with Crippen molar-refractivity contribution in [3.8, 4) is 28.1 Å². The van der Waals surface area contributed by atoms with Crippen molar-refractivity contribution in [3.63, 3.8) is 0 Å². The van der Waals surface area contributed by atoms with E-state index in [0.29, 0.717) is 17.4 Å². The van der Waals surface area contributed by atoms with Crippen LogP contribution in [0.5, 0.6) is 5.75 Å². The number of fused-ring (bicyclic) bond motifs is 1. The topological polar surface area (TPSA) is 105 Å². The van der Waals surface area contributed by atoms with Crippen molar-refractivity contribution >= 4 is 23.0 Å². The molecular formula is C27H26N6O2S. The van der Waals surface area contributed by atoms with Gasteiger partial charge in [-0.25, -0.2) is 14.5 Å². The van der Waals surface area contributed by atoms with E-state index in [4.69, 9.17) is 0 Å². The maximum Gasteiger partial charge on any atom is 0.282 e. The Bertz CT molecular complexity index is 1560. The van der Waals surface area contributed by atoms with E-state index in [1.807, 2.05) is 68.7 Å². The second-order valence-electron chi connectivity index (χ2n) is 9.71. The summed E-state index contributed by atoms with van der Waals surface area (Å²) in [4.78, 5) is 21.5. The van der Waals surface area contributed by atoms with Gasteiger partial charge < -0.3 is 10.4 Å². The quantitative estimate of drug-likeness (QED) is 0.347. The lowest BCUT2D eigenvalue weighted by Crippen LogP contribution is -2.23. The number of carbonyl (C=O) groups excluding carboxylic acids is 1. The molecule has 0 bridgehead atoms. The van der Waals surface area contributed by atoms with E-state index in [1.54, 1.807) is 18.5 Å². The third kappa shape index (κ3) is 4.70. The molecule has 8 nitrogen and oxygen atoms in total. The average molecular weight is 499 g/mol. The molecule has 2 N–H and O–H groups in total. The lowest BCUT2D eigenvalue weighted by Gasteiger charge is -2.12. The number of benzene rings is 2. The molecule has 0 unspecified atom stereocenters. The van der Waals surface area contributed by atoms with Crippen molar-refractivity contribution in [1.29, 1.82) is 0 Å². The Kier molecular flexibility index (Phi) is 6.01. The summed E-state index contributed by atoms with van der Waals surface area (Å²) in [6.07, 6.45) is 3.49. The Morgan fingerprint density at radius 2 is 1.81 bits per heavy atom. The van der Waals surface area contributed by atoms with Crippen LogP contribution in [0.4, 0.5) is 0 Å². The Labute approximate surface area is 212 Å². The minimum atomic E-state index is -0.223. The van der Waals surface area contributed by atoms with Gasteiger partial charge in [0.2, 0.25) is 5.01 Å². The first-order valence-electron chi connectivity index (χ1n) is 11.5. The van der Waals surface area contributed by atoms with Gasteiger partial charge in [-0.1, -0.05) is 45.0 Å². The van der Waals surface area contributed by atoms with E-state index >= 15 is 0 Å². The smallest absolute Gasteiger partial charge is 0.282 e. The minimum absolute atomic E-state index is 0.196. The van der Waals surface area contributed by atoms with Crippen LogP contribution in [-0.4, -0.2) is 35.0 Å². The van der Waals surface area contributed by atoms with Gasteiger partial charge >= 0.3 is 0 Å². The summed E-state index contributed by atoms with van der Waals surface area (Å²) < 4.78 is 6.13. The predicted octanol–water partition coefficient (Wildman–Crippen LogP) is 5.16. The van der Waals surface area contributed by atoms with Gasteiger partial charge in [-0.15, -0.1) is 0 Å². The molecule has 5 aromatic rings. The van der Waals surface area contributed by atoms with Crippen LogP contribution < -0.4 is 5.32 Å². The zero-order valence-corrected chi connectivity index (χ0v) is 21.3. The lowest BCUT2D eigenvalue weighted by atomic mass is 9.96. The Hall–Kier alpha value is -4.11. The molecule has 3 heterocycles. The summed E-state index contributed by atoms with van der Waals surface area (Å²) >= 11 is 1.12. The highest BCUT2D eigenvalue weighted by molar-refractivity contribution is 7.07. The Morgan fingerprint density at radius 1 is 1.06 bits per heavy atom. The van der Waals surface area contributed by atoms with Crippen molar-refractivity contribution < 1.29 is 9.90 Å². The standard InChI is InChI=1S/C27H26N6O2S/c1-16-11-18(5-6-19(16)13-28-24(35)25-31-26(32-36-25)27(2,3)4)23-22-12-20(14-33(22)30-15-29-23)17-7-9-21(34)10-8-17/h5-12,14-15,34H,13H2,1-4H3,(H,28,35). The van der Waals surface area contributed by atoms with E-state index in [2.05, 4.69) is 30.8 Å². The number of amides is 1. The molecule has 0 saturated carbocycles. The molecule has 0 aliphatic rings. The van der Waals surface area contributed by atoms with Gasteiger partial charge in [-0.05, 0) is 59.4 Å². The second kappa shape index (κ2) is 9.16. The maximum absolute atomic E-state index is 12.6. The van der Waals surface area contributed by atoms with Crippen LogP contribution in [0.2, 0.25) is 0 Å². The fraction of sp³-hybridized carbons (Fsp3) is 0.222. The first-order valence-corrected chi connectivity index (χ1v) is 12.3. The largest absolute Gasteiger partial charge is 0.508 e. The number of hydrogen-bond donors (Lipinski definition) is 2. The van der Waals surface area contributed by atoms with Crippen molar-refractivity contribution in [2.45, 2.75) is 39.7 Å². The normalized spacial score (nSPS) is 11.7. The summed E-state index contributed by atoms with van der Waals surface area (Å²) in [6, 6.07) is 15.2. The van der Waals surface area contributed by atoms with Crippen molar-refractivity contribution in [3.05, 3.63) is 83.0 Å². The molecule has 2 aromatic carbocycles. The first kappa shape index (κ1) is 23.6. The molecule has 0 fully saturated rings. The van der Waals surface area contributed by atoms with Crippen LogP contribution >= 0.6 is 11.5 Å². The maximum atomic E-state index is 12.6. The van der Waals surface area contributed by atoms with Crippen LogP contribution in [0, 0.1) is 6.92 Å². The number of aromatic hydroxyl groups is 1. The highest BCUT2D eigenvalue weighted by atomic mass is 32.1. The Balaban J connectivity index is 1.36. The van der Waals surface area contributed by atoms with E-state index < -0.39 is 0 Å². The van der Waals surface area contributed by atoms with Crippen LogP contribution in [0.25, 0.3) is 27.9 Å². The fourth-order valence-electron chi connectivity index (χ4n) is 3.88. The number of nitrogens with one attached hydrogen (secondary N) is 1. The van der Waals surface area contributed by atoms with Crippen molar-refractivity contribution in [1.82, 2.24) is 29.3 Å². The molecule has 0 spiro atoms. The third-order valence-corrected chi connectivity index (χ3v) is 6.67. The number of nitrogens with zero attached hydrogens (tertiary/aromatic N) is 5. The molecular weight excluding hydrogens is 472 g/mol. The molecule has 1 amide bonds. The number of rotatable bonds is 5.